The van der Waals surface area contributed by atoms with E-state index in [-0.39, 0.29) is 24.9 Å². The van der Waals surface area contributed by atoms with Gasteiger partial charge < -0.3 is 14.8 Å². The minimum Gasteiger partial charge on any atom is -0.488 e. The third-order valence-corrected chi connectivity index (χ3v) is 6.14. The van der Waals surface area contributed by atoms with Crippen molar-refractivity contribution in [1.82, 2.24) is 0 Å². The Hall–Kier alpha value is -3.64. The van der Waals surface area contributed by atoms with E-state index in [9.17, 15) is 14.0 Å². The van der Waals surface area contributed by atoms with Gasteiger partial charge in [0.25, 0.3) is 0 Å². The second-order valence-corrected chi connectivity index (χ2v) is 9.00. The van der Waals surface area contributed by atoms with Gasteiger partial charge in [0.2, 0.25) is 5.91 Å². The summed E-state index contributed by atoms with van der Waals surface area (Å²) < 4.78 is 24.6. The second kappa shape index (κ2) is 11.4. The number of ether oxygens (including phenoxy) is 2. The van der Waals surface area contributed by atoms with Crippen LogP contribution in [0.2, 0.25) is 5.02 Å². The molecule has 3 aromatic rings. The van der Waals surface area contributed by atoms with Gasteiger partial charge >= 0.3 is 5.97 Å². The number of hydrogen-bond acceptors (Lipinski definition) is 4. The molecule has 0 saturated heterocycles. The van der Waals surface area contributed by atoms with Crippen molar-refractivity contribution >= 4 is 40.3 Å². The highest BCUT2D eigenvalue weighted by Gasteiger charge is 2.23. The molecule has 0 unspecified atom stereocenters. The molecule has 0 spiro atoms. The van der Waals surface area contributed by atoms with Crippen molar-refractivity contribution in [2.75, 3.05) is 11.9 Å². The number of rotatable bonds is 8. The van der Waals surface area contributed by atoms with E-state index in [1.165, 1.54) is 19.1 Å². The Labute approximate surface area is 214 Å². The zero-order valence-corrected chi connectivity index (χ0v) is 21.0. The summed E-state index contributed by atoms with van der Waals surface area (Å²) in [5, 5.41) is 3.36. The maximum Gasteiger partial charge on any atom is 0.338 e. The molecule has 0 atom stereocenters. The number of benzene rings is 3. The summed E-state index contributed by atoms with van der Waals surface area (Å²) in [6.07, 6.45) is 2.53. The van der Waals surface area contributed by atoms with Crippen LogP contribution in [0.5, 0.6) is 5.75 Å². The van der Waals surface area contributed by atoms with Crippen LogP contribution in [0.15, 0.2) is 60.7 Å². The lowest BCUT2D eigenvalue weighted by Crippen LogP contribution is -2.10. The molecular weight excluding hydrogens is 481 g/mol. The smallest absolute Gasteiger partial charge is 0.338 e. The van der Waals surface area contributed by atoms with Crippen molar-refractivity contribution in [2.45, 2.75) is 39.7 Å². The minimum atomic E-state index is -0.447. The Balaban J connectivity index is 1.75. The lowest BCUT2D eigenvalue weighted by Gasteiger charge is -2.16. The van der Waals surface area contributed by atoms with E-state index in [0.717, 1.165) is 47.1 Å². The molecular formula is C29H27ClFNO4. The average molecular weight is 508 g/mol. The molecule has 186 valence electrons. The van der Waals surface area contributed by atoms with Crippen LogP contribution in [0.25, 0.3) is 11.1 Å². The summed E-state index contributed by atoms with van der Waals surface area (Å²) in [6, 6.07) is 17.0. The molecule has 3 aromatic carbocycles. The predicted octanol–water partition coefficient (Wildman–Crippen LogP) is 7.29. The van der Waals surface area contributed by atoms with Crippen molar-refractivity contribution in [3.8, 4) is 5.75 Å². The number of allylic oxidation sites excluding steroid dienone is 2. The molecule has 0 fully saturated rings. The topological polar surface area (TPSA) is 64.6 Å². The molecule has 7 heteroatoms. The second-order valence-electron chi connectivity index (χ2n) is 8.57. The average Bonchev–Trinajstić information content (AvgIpc) is 3.34. The molecule has 0 aromatic heterocycles. The van der Waals surface area contributed by atoms with Crippen LogP contribution in [0, 0.1) is 5.82 Å². The summed E-state index contributed by atoms with van der Waals surface area (Å²) in [5.41, 5.74) is 5.58. The molecule has 0 heterocycles. The number of esters is 1. The normalized spacial score (nSPS) is 13.0. The Kier molecular flexibility index (Phi) is 8.06. The van der Waals surface area contributed by atoms with E-state index in [1.54, 1.807) is 37.3 Å². The van der Waals surface area contributed by atoms with Crippen LogP contribution in [-0.4, -0.2) is 18.5 Å². The van der Waals surface area contributed by atoms with Gasteiger partial charge in [-0.15, -0.1) is 0 Å². The summed E-state index contributed by atoms with van der Waals surface area (Å²) in [4.78, 5) is 24.3. The van der Waals surface area contributed by atoms with Gasteiger partial charge in [-0.2, -0.15) is 0 Å². The van der Waals surface area contributed by atoms with E-state index in [4.69, 9.17) is 21.1 Å². The van der Waals surface area contributed by atoms with E-state index >= 15 is 0 Å². The van der Waals surface area contributed by atoms with Crippen molar-refractivity contribution in [3.05, 3.63) is 93.8 Å². The summed E-state index contributed by atoms with van der Waals surface area (Å²) >= 11 is 6.38. The summed E-state index contributed by atoms with van der Waals surface area (Å²) in [7, 11) is 0. The summed E-state index contributed by atoms with van der Waals surface area (Å²) in [6.45, 7) is 3.71. The van der Waals surface area contributed by atoms with Crippen LogP contribution < -0.4 is 10.1 Å². The number of hydrogen-bond donors (Lipinski definition) is 1. The van der Waals surface area contributed by atoms with Gasteiger partial charge in [-0.25, -0.2) is 9.18 Å². The first-order chi connectivity index (χ1) is 17.3. The largest absolute Gasteiger partial charge is 0.488 e. The van der Waals surface area contributed by atoms with Gasteiger partial charge in [0.1, 0.15) is 18.2 Å². The van der Waals surface area contributed by atoms with E-state index < -0.39 is 5.97 Å². The SMILES string of the molecule is CCOC(=O)c1cc(NC(C)=O)cc(C2=C(c3cc(Cl)ccc3OCc3ccc(F)cc3)CCC2)c1. The first-order valence-electron chi connectivity index (χ1n) is 11.8. The molecule has 4 rings (SSSR count). The fourth-order valence-electron chi connectivity index (χ4n) is 4.37. The lowest BCUT2D eigenvalue weighted by atomic mass is 9.94. The third-order valence-electron chi connectivity index (χ3n) is 5.91. The van der Waals surface area contributed by atoms with Gasteiger partial charge in [0.15, 0.2) is 0 Å². The van der Waals surface area contributed by atoms with Gasteiger partial charge in [0.05, 0.1) is 12.2 Å². The van der Waals surface area contributed by atoms with Crippen LogP contribution >= 0.6 is 11.6 Å². The van der Waals surface area contributed by atoms with Crippen molar-refractivity contribution < 1.29 is 23.5 Å². The molecule has 1 amide bonds. The quantitative estimate of drug-likeness (QED) is 0.325. The van der Waals surface area contributed by atoms with Gasteiger partial charge in [-0.1, -0.05) is 23.7 Å². The van der Waals surface area contributed by atoms with E-state index in [0.29, 0.717) is 22.0 Å². The molecule has 0 aliphatic heterocycles. The Morgan fingerprint density at radius 3 is 2.47 bits per heavy atom. The number of halogens is 2. The standard InChI is InChI=1S/C29H27ClFNO4/c1-3-35-29(34)21-13-20(14-24(15-21)32-18(2)33)25-5-4-6-26(25)27-16-22(30)9-12-28(27)36-17-19-7-10-23(31)11-8-19/h7-16H,3-6,17H2,1-2H3,(H,32,33). The highest BCUT2D eigenvalue weighted by molar-refractivity contribution is 6.30. The molecule has 5 nitrogen and oxygen atoms in total. The fourth-order valence-corrected chi connectivity index (χ4v) is 4.55. The van der Waals surface area contributed by atoms with Crippen molar-refractivity contribution in [3.63, 3.8) is 0 Å². The molecule has 0 radical (unpaired) electrons. The van der Waals surface area contributed by atoms with E-state index in [1.807, 2.05) is 18.2 Å². The number of anilines is 1. The molecule has 0 bridgehead atoms. The Morgan fingerprint density at radius 2 is 1.75 bits per heavy atom. The Morgan fingerprint density at radius 1 is 1.00 bits per heavy atom. The number of amides is 1. The van der Waals surface area contributed by atoms with Gasteiger partial charge in [0, 0.05) is 23.2 Å². The van der Waals surface area contributed by atoms with Gasteiger partial charge in [-0.05, 0) is 97.0 Å². The van der Waals surface area contributed by atoms with E-state index in [2.05, 4.69) is 5.32 Å². The molecule has 1 N–H and O–H groups in total. The zero-order chi connectivity index (χ0) is 25.7. The van der Waals surface area contributed by atoms with Crippen molar-refractivity contribution in [1.29, 1.82) is 0 Å². The van der Waals surface area contributed by atoms with Crippen LogP contribution in [0.1, 0.15) is 60.2 Å². The molecule has 36 heavy (non-hydrogen) atoms. The van der Waals surface area contributed by atoms with Crippen molar-refractivity contribution in [2.24, 2.45) is 0 Å². The predicted molar refractivity (Wildman–Crippen MR) is 140 cm³/mol. The highest BCUT2D eigenvalue weighted by Crippen LogP contribution is 2.44. The van der Waals surface area contributed by atoms with Crippen LogP contribution in [0.4, 0.5) is 10.1 Å². The minimum absolute atomic E-state index is 0.228. The van der Waals surface area contributed by atoms with Crippen LogP contribution in [0.3, 0.4) is 0 Å². The first kappa shape index (κ1) is 25.5. The highest BCUT2D eigenvalue weighted by atomic mass is 35.5. The molecule has 0 saturated carbocycles. The lowest BCUT2D eigenvalue weighted by molar-refractivity contribution is -0.114. The number of carbonyl (C=O) groups is 2. The maximum absolute atomic E-state index is 13.3. The van der Waals surface area contributed by atoms with Crippen LogP contribution in [-0.2, 0) is 16.1 Å². The zero-order valence-electron chi connectivity index (χ0n) is 20.2. The first-order valence-corrected chi connectivity index (χ1v) is 12.2. The fraction of sp³-hybridized carbons (Fsp3) is 0.241. The number of nitrogens with one attached hydrogen (secondary N) is 1. The van der Waals surface area contributed by atoms with Gasteiger partial charge in [-0.3, -0.25) is 4.79 Å². The Bertz CT molecular complexity index is 1320. The summed E-state index contributed by atoms with van der Waals surface area (Å²) in [5.74, 6) is -0.303. The molecule has 1 aliphatic rings. The number of carbonyl (C=O) groups excluding carboxylic acids is 2. The maximum atomic E-state index is 13.3. The molecule has 1 aliphatic carbocycles. The third kappa shape index (κ3) is 6.13. The monoisotopic (exact) mass is 507 g/mol.